The zero-order valence-electron chi connectivity index (χ0n) is 10.8. The summed E-state index contributed by atoms with van der Waals surface area (Å²) in [5, 5.41) is 0. The molecular weight excluding hydrogens is 278 g/mol. The summed E-state index contributed by atoms with van der Waals surface area (Å²) in [5.41, 5.74) is 4.24. The molecule has 1 saturated heterocycles. The molecule has 0 bridgehead atoms. The van der Waals surface area contributed by atoms with Crippen molar-refractivity contribution in [3.63, 3.8) is 0 Å². The Balaban J connectivity index is 2.38. The van der Waals surface area contributed by atoms with Crippen LogP contribution in [0.3, 0.4) is 0 Å². The van der Waals surface area contributed by atoms with Crippen LogP contribution in [0.5, 0.6) is 0 Å². The number of aromatic nitrogens is 3. The van der Waals surface area contributed by atoms with Gasteiger partial charge in [-0.3, -0.25) is 0 Å². The molecule has 0 saturated carbocycles. The lowest BCUT2D eigenvalue weighted by molar-refractivity contribution is -0.147. The third-order valence-electron chi connectivity index (χ3n) is 2.93. The van der Waals surface area contributed by atoms with E-state index in [-0.39, 0.29) is 12.6 Å². The minimum Gasteiger partial charge on any atom is -0.382 e. The predicted molar refractivity (Wildman–Crippen MR) is 62.2 cm³/mol. The SMILES string of the molecule is COC[C@H]1O[C@@H](n2cnc(N)nc2=O)C(F)(F)[C@@H]1OC. The number of nitrogens with two attached hydrogens (primary N) is 1. The number of methoxy groups -OCH3 is 2. The lowest BCUT2D eigenvalue weighted by atomic mass is 10.1. The average molecular weight is 292 g/mol. The van der Waals surface area contributed by atoms with Gasteiger partial charge in [0.15, 0.2) is 6.10 Å². The van der Waals surface area contributed by atoms with E-state index in [9.17, 15) is 13.6 Å². The average Bonchev–Trinajstić information content (AvgIpc) is 2.61. The van der Waals surface area contributed by atoms with Crippen LogP contribution in [0.4, 0.5) is 14.7 Å². The summed E-state index contributed by atoms with van der Waals surface area (Å²) in [6, 6.07) is 0. The largest absolute Gasteiger partial charge is 0.382 e. The van der Waals surface area contributed by atoms with Crippen molar-refractivity contribution in [3.8, 4) is 0 Å². The monoisotopic (exact) mass is 292 g/mol. The standard InChI is InChI=1S/C10H14F2N4O4/c1-18-3-5-6(19-2)10(11,12)7(20-5)16-4-14-8(13)15-9(16)17/h4-7H,3H2,1-2H3,(H2,13,15,17)/t5-,6-,7-/m1/s1. The molecule has 0 aromatic carbocycles. The van der Waals surface area contributed by atoms with Gasteiger partial charge in [0.25, 0.3) is 0 Å². The second kappa shape index (κ2) is 5.38. The number of hydrogen-bond acceptors (Lipinski definition) is 7. The first-order valence-corrected chi connectivity index (χ1v) is 5.67. The quantitative estimate of drug-likeness (QED) is 0.791. The smallest absolute Gasteiger partial charge is 0.354 e. The Hall–Kier alpha value is -1.65. The van der Waals surface area contributed by atoms with E-state index in [1.54, 1.807) is 0 Å². The van der Waals surface area contributed by atoms with Crippen LogP contribution in [0.15, 0.2) is 11.1 Å². The van der Waals surface area contributed by atoms with Gasteiger partial charge in [-0.15, -0.1) is 0 Å². The van der Waals surface area contributed by atoms with Crippen molar-refractivity contribution in [1.29, 1.82) is 0 Å². The summed E-state index contributed by atoms with van der Waals surface area (Å²) in [7, 11) is 2.48. The Morgan fingerprint density at radius 1 is 1.55 bits per heavy atom. The molecule has 2 rings (SSSR count). The maximum absolute atomic E-state index is 14.3. The lowest BCUT2D eigenvalue weighted by Crippen LogP contribution is -2.43. The van der Waals surface area contributed by atoms with Crippen LogP contribution in [-0.2, 0) is 14.2 Å². The summed E-state index contributed by atoms with van der Waals surface area (Å²) < 4.78 is 43.9. The molecule has 1 aliphatic rings. The minimum atomic E-state index is -3.44. The van der Waals surface area contributed by atoms with Gasteiger partial charge in [0.05, 0.1) is 6.61 Å². The first-order chi connectivity index (χ1) is 9.41. The van der Waals surface area contributed by atoms with E-state index in [0.29, 0.717) is 4.57 Å². The summed E-state index contributed by atoms with van der Waals surface area (Å²) in [4.78, 5) is 18.4. The van der Waals surface area contributed by atoms with E-state index >= 15 is 0 Å². The van der Waals surface area contributed by atoms with Crippen molar-refractivity contribution in [2.75, 3.05) is 26.6 Å². The second-order valence-corrected chi connectivity index (χ2v) is 4.22. The van der Waals surface area contributed by atoms with Crippen LogP contribution >= 0.6 is 0 Å². The van der Waals surface area contributed by atoms with Gasteiger partial charge in [-0.25, -0.2) is 14.3 Å². The van der Waals surface area contributed by atoms with Gasteiger partial charge in [0, 0.05) is 14.2 Å². The minimum absolute atomic E-state index is 0.102. The zero-order valence-corrected chi connectivity index (χ0v) is 10.8. The second-order valence-electron chi connectivity index (χ2n) is 4.22. The van der Waals surface area contributed by atoms with Gasteiger partial charge in [-0.1, -0.05) is 0 Å². The fourth-order valence-corrected chi connectivity index (χ4v) is 2.08. The van der Waals surface area contributed by atoms with Gasteiger partial charge in [0.1, 0.15) is 12.4 Å². The lowest BCUT2D eigenvalue weighted by Gasteiger charge is -2.22. The highest BCUT2D eigenvalue weighted by atomic mass is 19.3. The number of rotatable bonds is 4. The van der Waals surface area contributed by atoms with Crippen molar-refractivity contribution in [1.82, 2.24) is 14.5 Å². The highest BCUT2D eigenvalue weighted by Gasteiger charge is 2.60. The van der Waals surface area contributed by atoms with Crippen molar-refractivity contribution >= 4 is 5.95 Å². The van der Waals surface area contributed by atoms with Crippen molar-refractivity contribution in [2.24, 2.45) is 0 Å². The van der Waals surface area contributed by atoms with Crippen molar-refractivity contribution in [3.05, 3.63) is 16.8 Å². The fraction of sp³-hybridized carbons (Fsp3) is 0.700. The number of anilines is 1. The van der Waals surface area contributed by atoms with Crippen LogP contribution < -0.4 is 11.4 Å². The molecule has 3 atom stereocenters. The van der Waals surface area contributed by atoms with Crippen LogP contribution in [-0.4, -0.2) is 53.5 Å². The van der Waals surface area contributed by atoms with Crippen LogP contribution in [0, 0.1) is 0 Å². The molecule has 20 heavy (non-hydrogen) atoms. The number of alkyl halides is 2. The van der Waals surface area contributed by atoms with Gasteiger partial charge in [-0.2, -0.15) is 13.8 Å². The highest BCUT2D eigenvalue weighted by Crippen LogP contribution is 2.43. The van der Waals surface area contributed by atoms with Gasteiger partial charge < -0.3 is 19.9 Å². The van der Waals surface area contributed by atoms with Crippen LogP contribution in [0.2, 0.25) is 0 Å². The topological polar surface area (TPSA) is 101 Å². The van der Waals surface area contributed by atoms with Crippen molar-refractivity contribution in [2.45, 2.75) is 24.4 Å². The van der Waals surface area contributed by atoms with Crippen LogP contribution in [0.1, 0.15) is 6.23 Å². The molecule has 0 unspecified atom stereocenters. The summed E-state index contributed by atoms with van der Waals surface area (Å²) >= 11 is 0. The predicted octanol–water partition coefficient (Wildman–Crippen LogP) is -0.585. The first kappa shape index (κ1) is 14.8. The number of hydrogen-bond donors (Lipinski definition) is 1. The number of nitrogen functional groups attached to an aromatic ring is 1. The molecule has 8 nitrogen and oxygen atoms in total. The molecule has 1 aromatic heterocycles. The Kier molecular flexibility index (Phi) is 3.97. The summed E-state index contributed by atoms with van der Waals surface area (Å²) in [5.74, 6) is -3.74. The molecular formula is C10H14F2N4O4. The Bertz CT molecular complexity index is 538. The highest BCUT2D eigenvalue weighted by molar-refractivity contribution is 5.10. The third kappa shape index (κ3) is 2.37. The molecule has 0 radical (unpaired) electrons. The number of ether oxygens (including phenoxy) is 3. The third-order valence-corrected chi connectivity index (χ3v) is 2.93. The van der Waals surface area contributed by atoms with E-state index in [2.05, 4.69) is 9.97 Å². The molecule has 2 N–H and O–H groups in total. The van der Waals surface area contributed by atoms with Crippen molar-refractivity contribution < 1.29 is 23.0 Å². The van der Waals surface area contributed by atoms with Gasteiger partial charge in [-0.05, 0) is 0 Å². The zero-order chi connectivity index (χ0) is 14.9. The summed E-state index contributed by atoms with van der Waals surface area (Å²) in [6.45, 7) is -0.102. The van der Waals surface area contributed by atoms with E-state index < -0.39 is 30.0 Å². The molecule has 112 valence electrons. The first-order valence-electron chi connectivity index (χ1n) is 5.67. The van der Waals surface area contributed by atoms with Crippen LogP contribution in [0.25, 0.3) is 0 Å². The normalized spacial score (nSPS) is 28.7. The molecule has 1 aliphatic heterocycles. The molecule has 0 amide bonds. The molecule has 1 fully saturated rings. The maximum Gasteiger partial charge on any atom is 0.354 e. The van der Waals surface area contributed by atoms with E-state index in [1.165, 1.54) is 7.11 Å². The van der Waals surface area contributed by atoms with E-state index in [0.717, 1.165) is 13.4 Å². The van der Waals surface area contributed by atoms with E-state index in [4.69, 9.17) is 19.9 Å². The van der Waals surface area contributed by atoms with Gasteiger partial charge in [0.2, 0.25) is 12.2 Å². The number of nitrogens with zero attached hydrogens (tertiary/aromatic N) is 3. The van der Waals surface area contributed by atoms with E-state index in [1.807, 2.05) is 0 Å². The fourth-order valence-electron chi connectivity index (χ4n) is 2.08. The number of halogens is 2. The Morgan fingerprint density at radius 2 is 2.25 bits per heavy atom. The molecule has 0 spiro atoms. The summed E-state index contributed by atoms with van der Waals surface area (Å²) in [6.07, 6.45) is -3.57. The molecule has 1 aromatic rings. The molecule has 0 aliphatic carbocycles. The van der Waals surface area contributed by atoms with Gasteiger partial charge >= 0.3 is 11.6 Å². The Labute approximate surface area is 112 Å². The maximum atomic E-state index is 14.3. The molecule has 10 heteroatoms. The Morgan fingerprint density at radius 3 is 2.80 bits per heavy atom. The molecule has 2 heterocycles.